The summed E-state index contributed by atoms with van der Waals surface area (Å²) in [5, 5.41) is 22.9. The highest BCUT2D eigenvalue weighted by Crippen LogP contribution is 2.43. The average molecular weight is 392 g/mol. The summed E-state index contributed by atoms with van der Waals surface area (Å²) in [4.78, 5) is 23.1. The number of ether oxygens (including phenoxy) is 1. The van der Waals surface area contributed by atoms with E-state index in [4.69, 9.17) is 22.1 Å². The highest BCUT2D eigenvalue weighted by molar-refractivity contribution is 7.80. The Balaban J connectivity index is 2.54. The fraction of sp³-hybridized carbons (Fsp3) is 0.400. The van der Waals surface area contributed by atoms with Gasteiger partial charge in [-0.1, -0.05) is 12.1 Å². The molecule has 1 saturated heterocycles. The summed E-state index contributed by atoms with van der Waals surface area (Å²) in [7, 11) is 0. The maximum atomic E-state index is 13.5. The molecular weight excluding hydrogens is 377 g/mol. The summed E-state index contributed by atoms with van der Waals surface area (Å²) >= 11 is 4.74. The van der Waals surface area contributed by atoms with Gasteiger partial charge in [-0.15, -0.1) is 0 Å². The number of nitrogens with one attached hydrogen (secondary N) is 2. The Morgan fingerprint density at radius 1 is 1.31 bits per heavy atom. The number of hydrogen-bond acceptors (Lipinski definition) is 5. The normalized spacial score (nSPS) is 25.8. The lowest BCUT2D eigenvalue weighted by Crippen LogP contribution is -2.73. The largest absolute Gasteiger partial charge is 0.478 e. The van der Waals surface area contributed by atoms with Gasteiger partial charge >= 0.3 is 18.1 Å². The molecule has 1 aromatic rings. The maximum absolute atomic E-state index is 13.5. The summed E-state index contributed by atoms with van der Waals surface area (Å²) in [6.07, 6.45) is -5.24. The van der Waals surface area contributed by atoms with Crippen molar-refractivity contribution in [3.05, 3.63) is 35.4 Å². The third kappa shape index (κ3) is 3.58. The number of aromatic carboxylic acids is 1. The average Bonchev–Trinajstić information content (AvgIpc) is 2.53. The first kappa shape index (κ1) is 19.9. The highest BCUT2D eigenvalue weighted by atomic mass is 32.1. The van der Waals surface area contributed by atoms with E-state index in [1.165, 1.54) is 31.2 Å². The van der Waals surface area contributed by atoms with Crippen molar-refractivity contribution >= 4 is 29.3 Å². The summed E-state index contributed by atoms with van der Waals surface area (Å²) < 4.78 is 45.3. The third-order valence-electron chi connectivity index (χ3n) is 3.86. The first-order valence-electron chi connectivity index (χ1n) is 7.39. The summed E-state index contributed by atoms with van der Waals surface area (Å²) in [5.41, 5.74) is -3.62. The monoisotopic (exact) mass is 392 g/mol. The summed E-state index contributed by atoms with van der Waals surface area (Å²) in [6, 6.07) is 3.41. The minimum Gasteiger partial charge on any atom is -0.478 e. The number of thiocarbonyl (C=S) groups is 1. The lowest BCUT2D eigenvalue weighted by molar-refractivity contribution is -0.292. The van der Waals surface area contributed by atoms with Gasteiger partial charge in [0, 0.05) is 0 Å². The third-order valence-corrected chi connectivity index (χ3v) is 4.08. The molecule has 7 nitrogen and oxygen atoms in total. The minimum absolute atomic E-state index is 0.0935. The van der Waals surface area contributed by atoms with Crippen molar-refractivity contribution in [3.63, 3.8) is 0 Å². The smallest absolute Gasteiger partial charge is 0.437 e. The molecule has 0 spiro atoms. The number of aliphatic hydroxyl groups is 1. The Kier molecular flexibility index (Phi) is 5.42. The molecular formula is C15H15F3N2O5S. The number of carbonyl (C=O) groups excluding carboxylic acids is 1. The molecule has 1 heterocycles. The Hall–Kier alpha value is -2.40. The molecule has 4 N–H and O–H groups in total. The van der Waals surface area contributed by atoms with Crippen LogP contribution in [-0.2, 0) is 9.53 Å². The topological polar surface area (TPSA) is 108 Å². The van der Waals surface area contributed by atoms with E-state index in [1.807, 2.05) is 0 Å². The van der Waals surface area contributed by atoms with Crippen LogP contribution in [0.1, 0.15) is 28.9 Å². The predicted octanol–water partition coefficient (Wildman–Crippen LogP) is 1.33. The second kappa shape index (κ2) is 7.08. The van der Waals surface area contributed by atoms with E-state index in [2.05, 4.69) is 5.32 Å². The summed E-state index contributed by atoms with van der Waals surface area (Å²) in [5.74, 6) is -4.63. The molecule has 0 bridgehead atoms. The van der Waals surface area contributed by atoms with Crippen molar-refractivity contribution in [3.8, 4) is 0 Å². The fourth-order valence-corrected chi connectivity index (χ4v) is 2.93. The summed E-state index contributed by atoms with van der Waals surface area (Å²) in [6.45, 7) is 1.22. The zero-order chi connectivity index (χ0) is 19.7. The molecule has 1 aromatic carbocycles. The van der Waals surface area contributed by atoms with E-state index in [0.29, 0.717) is 0 Å². The number of halogens is 3. The Morgan fingerprint density at radius 3 is 2.35 bits per heavy atom. The van der Waals surface area contributed by atoms with Gasteiger partial charge in [0.15, 0.2) is 5.11 Å². The molecule has 0 radical (unpaired) electrons. The second-order valence-corrected chi connectivity index (χ2v) is 5.91. The van der Waals surface area contributed by atoms with E-state index in [0.717, 1.165) is 0 Å². The van der Waals surface area contributed by atoms with E-state index in [1.54, 1.807) is 5.32 Å². The molecule has 2 rings (SSSR count). The molecule has 142 valence electrons. The Morgan fingerprint density at radius 2 is 1.88 bits per heavy atom. The van der Waals surface area contributed by atoms with E-state index in [9.17, 15) is 27.9 Å². The SMILES string of the molecule is CCOC(=O)[C@@H]1[C@@H](c2ccc(C(=O)O)cc2)NC(=S)N[C@]1(O)C(F)(F)F. The van der Waals surface area contributed by atoms with Gasteiger partial charge in [-0.25, -0.2) is 4.79 Å². The van der Waals surface area contributed by atoms with Gasteiger partial charge in [-0.05, 0) is 36.8 Å². The number of rotatable bonds is 4. The number of carboxylic acid groups (broad SMARTS) is 1. The van der Waals surface area contributed by atoms with Crippen LogP contribution < -0.4 is 10.6 Å². The number of esters is 1. The van der Waals surface area contributed by atoms with E-state index < -0.39 is 40.9 Å². The van der Waals surface area contributed by atoms with Gasteiger partial charge in [-0.3, -0.25) is 4.79 Å². The number of benzene rings is 1. The van der Waals surface area contributed by atoms with Gasteiger partial charge in [0.25, 0.3) is 5.72 Å². The second-order valence-electron chi connectivity index (χ2n) is 5.50. The van der Waals surface area contributed by atoms with Crippen LogP contribution in [-0.4, -0.2) is 45.8 Å². The van der Waals surface area contributed by atoms with Gasteiger partial charge < -0.3 is 25.6 Å². The molecule has 0 aliphatic carbocycles. The van der Waals surface area contributed by atoms with Crippen molar-refractivity contribution in [2.75, 3.05) is 6.61 Å². The molecule has 0 unspecified atom stereocenters. The van der Waals surface area contributed by atoms with Gasteiger partial charge in [0.05, 0.1) is 18.2 Å². The minimum atomic E-state index is -5.24. The number of alkyl halides is 3. The Bertz CT molecular complexity index is 725. The van der Waals surface area contributed by atoms with Crippen molar-refractivity contribution in [1.82, 2.24) is 10.6 Å². The molecule has 0 saturated carbocycles. The van der Waals surface area contributed by atoms with E-state index >= 15 is 0 Å². The fourth-order valence-electron chi connectivity index (χ4n) is 2.65. The zero-order valence-electron chi connectivity index (χ0n) is 13.3. The Labute approximate surface area is 151 Å². The lowest BCUT2D eigenvalue weighted by Gasteiger charge is -2.45. The molecule has 1 aliphatic heterocycles. The molecule has 3 atom stereocenters. The van der Waals surface area contributed by atoms with Crippen LogP contribution in [0.2, 0.25) is 0 Å². The number of carboxylic acids is 1. The zero-order valence-corrected chi connectivity index (χ0v) is 14.1. The van der Waals surface area contributed by atoms with Crippen molar-refractivity contribution in [1.29, 1.82) is 0 Å². The van der Waals surface area contributed by atoms with Crippen molar-refractivity contribution in [2.24, 2.45) is 5.92 Å². The maximum Gasteiger partial charge on any atom is 0.437 e. The van der Waals surface area contributed by atoms with Crippen molar-refractivity contribution in [2.45, 2.75) is 24.9 Å². The van der Waals surface area contributed by atoms with Gasteiger partial charge in [0.1, 0.15) is 5.92 Å². The number of carbonyl (C=O) groups is 2. The van der Waals surface area contributed by atoms with Gasteiger partial charge in [0.2, 0.25) is 0 Å². The molecule has 11 heteroatoms. The van der Waals surface area contributed by atoms with Crippen LogP contribution in [0, 0.1) is 5.92 Å². The number of hydrogen-bond donors (Lipinski definition) is 4. The first-order valence-corrected chi connectivity index (χ1v) is 7.79. The van der Waals surface area contributed by atoms with Crippen LogP contribution in [0.4, 0.5) is 13.2 Å². The lowest BCUT2D eigenvalue weighted by atomic mass is 9.82. The first-order chi connectivity index (χ1) is 12.0. The van der Waals surface area contributed by atoms with Crippen LogP contribution in [0.15, 0.2) is 24.3 Å². The molecule has 1 fully saturated rings. The van der Waals surface area contributed by atoms with Gasteiger partial charge in [-0.2, -0.15) is 13.2 Å². The van der Waals surface area contributed by atoms with Crippen LogP contribution in [0.25, 0.3) is 0 Å². The standard InChI is InChI=1S/C15H15F3N2O5S/c1-2-25-12(23)9-10(7-3-5-8(6-4-7)11(21)22)19-13(26)20-14(9,24)15(16,17)18/h3-6,9-10,24H,2H2,1H3,(H,21,22)(H2,19,20,26)/t9-,10+,14+/m0/s1. The molecule has 26 heavy (non-hydrogen) atoms. The molecule has 0 aromatic heterocycles. The predicted molar refractivity (Wildman–Crippen MR) is 86.1 cm³/mol. The van der Waals surface area contributed by atoms with Crippen molar-refractivity contribution < 1.29 is 37.7 Å². The molecule has 0 amide bonds. The van der Waals surface area contributed by atoms with E-state index in [-0.39, 0.29) is 17.7 Å². The van der Waals surface area contributed by atoms with Crippen LogP contribution in [0.5, 0.6) is 0 Å². The quantitative estimate of drug-likeness (QED) is 0.449. The highest BCUT2D eigenvalue weighted by Gasteiger charge is 2.66. The van der Waals surface area contributed by atoms with Crippen LogP contribution >= 0.6 is 12.2 Å². The molecule has 1 aliphatic rings. The van der Waals surface area contributed by atoms with Crippen LogP contribution in [0.3, 0.4) is 0 Å².